The Kier molecular flexibility index (Phi) is 1.32. The standard InChI is InChI=1S/C4H3N7O2/c5-3-2(11(12)13)4-7-8-9-10(4)1-6-3/h1H,5H2. The second kappa shape index (κ2) is 2.33. The van der Waals surface area contributed by atoms with Gasteiger partial charge in [0.25, 0.3) is 5.65 Å². The zero-order valence-electron chi connectivity index (χ0n) is 6.15. The van der Waals surface area contributed by atoms with Gasteiger partial charge >= 0.3 is 5.69 Å². The lowest BCUT2D eigenvalue weighted by Crippen LogP contribution is -2.02. The molecule has 0 radical (unpaired) electrons. The predicted octanol–water partition coefficient (Wildman–Crippen LogP) is -0.990. The lowest BCUT2D eigenvalue weighted by Gasteiger charge is -1.94. The van der Waals surface area contributed by atoms with Crippen molar-refractivity contribution in [2.24, 2.45) is 0 Å². The third-order valence-electron chi connectivity index (χ3n) is 1.44. The number of fused-ring (bicyclic) bond motifs is 1. The average Bonchev–Trinajstić information content (AvgIpc) is 2.50. The molecule has 0 aliphatic carbocycles. The highest BCUT2D eigenvalue weighted by Crippen LogP contribution is 2.21. The van der Waals surface area contributed by atoms with Gasteiger partial charge in [-0.3, -0.25) is 10.1 Å². The van der Waals surface area contributed by atoms with Gasteiger partial charge in [-0.2, -0.15) is 4.52 Å². The second-order valence-corrected chi connectivity index (χ2v) is 2.18. The topological polar surface area (TPSA) is 125 Å². The number of nitrogens with two attached hydrogens (primary N) is 1. The zero-order chi connectivity index (χ0) is 9.42. The van der Waals surface area contributed by atoms with Crippen molar-refractivity contribution in [2.45, 2.75) is 0 Å². The van der Waals surface area contributed by atoms with Crippen LogP contribution in [0, 0.1) is 10.1 Å². The molecule has 2 N–H and O–H groups in total. The second-order valence-electron chi connectivity index (χ2n) is 2.18. The largest absolute Gasteiger partial charge is 0.378 e. The highest BCUT2D eigenvalue weighted by atomic mass is 16.6. The summed E-state index contributed by atoms with van der Waals surface area (Å²) in [5.74, 6) is -0.202. The zero-order valence-corrected chi connectivity index (χ0v) is 6.15. The lowest BCUT2D eigenvalue weighted by molar-refractivity contribution is -0.382. The number of nitrogens with zero attached hydrogens (tertiary/aromatic N) is 6. The van der Waals surface area contributed by atoms with Crippen LogP contribution in [0.1, 0.15) is 0 Å². The van der Waals surface area contributed by atoms with Crippen molar-refractivity contribution in [3.8, 4) is 0 Å². The van der Waals surface area contributed by atoms with E-state index >= 15 is 0 Å². The van der Waals surface area contributed by atoms with Gasteiger partial charge in [0.05, 0.1) is 4.92 Å². The van der Waals surface area contributed by atoms with Crippen LogP contribution in [-0.4, -0.2) is 29.9 Å². The maximum Gasteiger partial charge on any atom is 0.357 e. The third-order valence-corrected chi connectivity index (χ3v) is 1.44. The molecule has 2 rings (SSSR count). The van der Waals surface area contributed by atoms with E-state index in [4.69, 9.17) is 5.73 Å². The fourth-order valence-corrected chi connectivity index (χ4v) is 0.895. The summed E-state index contributed by atoms with van der Waals surface area (Å²) in [4.78, 5) is 13.4. The Morgan fingerprint density at radius 3 is 3.08 bits per heavy atom. The van der Waals surface area contributed by atoms with Gasteiger partial charge in [0.15, 0.2) is 0 Å². The van der Waals surface area contributed by atoms with E-state index in [1.807, 2.05) is 0 Å². The number of rotatable bonds is 1. The summed E-state index contributed by atoms with van der Waals surface area (Å²) in [6.07, 6.45) is 1.21. The molecule has 0 saturated carbocycles. The Balaban J connectivity index is 2.88. The van der Waals surface area contributed by atoms with Crippen molar-refractivity contribution < 1.29 is 4.92 Å². The summed E-state index contributed by atoms with van der Waals surface area (Å²) in [7, 11) is 0. The number of tetrazole rings is 1. The molecule has 0 spiro atoms. The molecule has 0 saturated heterocycles. The van der Waals surface area contributed by atoms with E-state index < -0.39 is 4.92 Å². The van der Waals surface area contributed by atoms with Crippen LogP contribution < -0.4 is 5.73 Å². The molecule has 9 heteroatoms. The Hall–Kier alpha value is -2.32. The van der Waals surface area contributed by atoms with Crippen LogP contribution in [0.25, 0.3) is 5.65 Å². The predicted molar refractivity (Wildman–Crippen MR) is 39.6 cm³/mol. The van der Waals surface area contributed by atoms with Crippen LogP contribution in [0.15, 0.2) is 6.33 Å². The SMILES string of the molecule is Nc1ncn2nnnc2c1[N+](=O)[O-]. The minimum Gasteiger partial charge on any atom is -0.378 e. The van der Waals surface area contributed by atoms with E-state index in [0.29, 0.717) is 0 Å². The smallest absolute Gasteiger partial charge is 0.357 e. The Bertz CT molecular complexity index is 476. The van der Waals surface area contributed by atoms with Crippen LogP contribution in [-0.2, 0) is 0 Å². The number of hydrogen-bond acceptors (Lipinski definition) is 7. The van der Waals surface area contributed by atoms with Gasteiger partial charge in [-0.15, -0.1) is 5.10 Å². The van der Waals surface area contributed by atoms with Crippen LogP contribution in [0.3, 0.4) is 0 Å². The van der Waals surface area contributed by atoms with Crippen molar-refractivity contribution in [1.82, 2.24) is 25.0 Å². The third kappa shape index (κ3) is 0.937. The number of aromatic nitrogens is 5. The van der Waals surface area contributed by atoms with E-state index in [9.17, 15) is 10.1 Å². The van der Waals surface area contributed by atoms with Crippen molar-refractivity contribution in [1.29, 1.82) is 0 Å². The first-order valence-electron chi connectivity index (χ1n) is 3.16. The first-order valence-corrected chi connectivity index (χ1v) is 3.16. The van der Waals surface area contributed by atoms with Crippen molar-refractivity contribution in [2.75, 3.05) is 5.73 Å². The highest BCUT2D eigenvalue weighted by Gasteiger charge is 2.20. The fourth-order valence-electron chi connectivity index (χ4n) is 0.895. The van der Waals surface area contributed by atoms with Gasteiger partial charge in [-0.1, -0.05) is 0 Å². The summed E-state index contributed by atoms with van der Waals surface area (Å²) in [6.45, 7) is 0. The maximum absolute atomic E-state index is 10.5. The minimum atomic E-state index is -0.673. The average molecular weight is 181 g/mol. The molecule has 0 aromatic carbocycles. The summed E-state index contributed by atoms with van der Waals surface area (Å²) in [5.41, 5.74) is 4.89. The van der Waals surface area contributed by atoms with Gasteiger partial charge in [-0.25, -0.2) is 4.98 Å². The van der Waals surface area contributed by atoms with Gasteiger partial charge in [0.2, 0.25) is 5.82 Å². The monoisotopic (exact) mass is 181 g/mol. The molecule has 13 heavy (non-hydrogen) atoms. The molecular formula is C4H3N7O2. The number of nitro groups is 1. The molecule has 9 nitrogen and oxygen atoms in total. The van der Waals surface area contributed by atoms with E-state index in [-0.39, 0.29) is 17.2 Å². The molecule has 0 atom stereocenters. The summed E-state index contributed by atoms with van der Waals surface area (Å²) < 4.78 is 1.08. The molecule has 66 valence electrons. The molecule has 0 bridgehead atoms. The van der Waals surface area contributed by atoms with E-state index in [0.717, 1.165) is 4.52 Å². The van der Waals surface area contributed by atoms with Crippen molar-refractivity contribution in [3.05, 3.63) is 16.4 Å². The van der Waals surface area contributed by atoms with Crippen LogP contribution >= 0.6 is 0 Å². The van der Waals surface area contributed by atoms with Crippen molar-refractivity contribution >= 4 is 17.2 Å². The first kappa shape index (κ1) is 7.34. The molecule has 0 aliphatic heterocycles. The number of hydrogen-bond donors (Lipinski definition) is 1. The van der Waals surface area contributed by atoms with E-state index in [2.05, 4.69) is 20.5 Å². The van der Waals surface area contributed by atoms with Crippen LogP contribution in [0.5, 0.6) is 0 Å². The molecule has 0 amide bonds. The molecule has 0 fully saturated rings. The summed E-state index contributed by atoms with van der Waals surface area (Å²) in [6, 6.07) is 0. The fraction of sp³-hybridized carbons (Fsp3) is 0. The van der Waals surface area contributed by atoms with E-state index in [1.54, 1.807) is 0 Å². The normalized spacial score (nSPS) is 10.5. The highest BCUT2D eigenvalue weighted by molar-refractivity contribution is 5.68. The number of nitrogen functional groups attached to an aromatic ring is 1. The molecular weight excluding hydrogens is 178 g/mol. The quantitative estimate of drug-likeness (QED) is 0.442. The lowest BCUT2D eigenvalue weighted by atomic mass is 10.5. The van der Waals surface area contributed by atoms with Gasteiger partial charge in [-0.05, 0) is 10.4 Å². The van der Waals surface area contributed by atoms with Crippen LogP contribution in [0.2, 0.25) is 0 Å². The summed E-state index contributed by atoms with van der Waals surface area (Å²) in [5, 5.41) is 20.6. The Morgan fingerprint density at radius 2 is 2.38 bits per heavy atom. The van der Waals surface area contributed by atoms with Gasteiger partial charge in [0.1, 0.15) is 6.33 Å². The van der Waals surface area contributed by atoms with Gasteiger partial charge in [0, 0.05) is 0 Å². The molecule has 2 aromatic heterocycles. The van der Waals surface area contributed by atoms with E-state index in [1.165, 1.54) is 6.33 Å². The maximum atomic E-state index is 10.5. The Labute approximate surface area is 70.3 Å². The minimum absolute atomic E-state index is 0.0162. The first-order chi connectivity index (χ1) is 6.20. The molecule has 0 unspecified atom stereocenters. The molecule has 2 aromatic rings. The molecule has 2 heterocycles. The summed E-state index contributed by atoms with van der Waals surface area (Å²) >= 11 is 0. The van der Waals surface area contributed by atoms with Crippen LogP contribution in [0.4, 0.5) is 11.5 Å². The molecule has 0 aliphatic rings. The number of anilines is 1. The van der Waals surface area contributed by atoms with Gasteiger partial charge < -0.3 is 5.73 Å². The Morgan fingerprint density at radius 1 is 1.62 bits per heavy atom. The van der Waals surface area contributed by atoms with Crippen molar-refractivity contribution in [3.63, 3.8) is 0 Å².